The zero-order chi connectivity index (χ0) is 13.3. The van der Waals surface area contributed by atoms with Gasteiger partial charge >= 0.3 is 0 Å². The predicted octanol–water partition coefficient (Wildman–Crippen LogP) is 1.92. The predicted molar refractivity (Wildman–Crippen MR) is 77.7 cm³/mol. The fraction of sp³-hybridized carbons (Fsp3) is 1.00. The Kier molecular flexibility index (Phi) is 4.35. The summed E-state index contributed by atoms with van der Waals surface area (Å²) in [6, 6.07) is 1.68. The Morgan fingerprint density at radius 3 is 2.61 bits per heavy atom. The van der Waals surface area contributed by atoms with Gasteiger partial charge in [-0.1, -0.05) is 20.3 Å². The van der Waals surface area contributed by atoms with Gasteiger partial charge in [0.2, 0.25) is 0 Å². The van der Waals surface area contributed by atoms with E-state index in [9.17, 15) is 0 Å². The molecule has 0 spiro atoms. The molecule has 0 radical (unpaired) electrons. The molecule has 2 N–H and O–H groups in total. The van der Waals surface area contributed by atoms with E-state index in [0.717, 1.165) is 6.04 Å². The Morgan fingerprint density at radius 2 is 1.94 bits per heavy atom. The van der Waals surface area contributed by atoms with E-state index in [1.165, 1.54) is 45.2 Å². The van der Waals surface area contributed by atoms with Crippen LogP contribution in [0.1, 0.15) is 46.0 Å². The number of rotatable bonds is 3. The lowest BCUT2D eigenvalue weighted by molar-refractivity contribution is 0.0527. The molecule has 0 aromatic carbocycles. The quantitative estimate of drug-likeness (QED) is 0.834. The Hall–Kier alpha value is -0.120. The minimum atomic E-state index is 0.314. The Balaban J connectivity index is 2.05. The van der Waals surface area contributed by atoms with E-state index in [0.29, 0.717) is 17.5 Å². The third kappa shape index (κ3) is 2.89. The molecule has 2 aliphatic rings. The lowest BCUT2D eigenvalue weighted by Gasteiger charge is -2.47. The summed E-state index contributed by atoms with van der Waals surface area (Å²) in [4.78, 5) is 5.05. The molecule has 3 atom stereocenters. The first-order valence-electron chi connectivity index (χ1n) is 7.58. The molecule has 0 aromatic heterocycles. The van der Waals surface area contributed by atoms with Crippen molar-refractivity contribution in [2.45, 2.75) is 64.1 Å². The molecule has 3 nitrogen and oxygen atoms in total. The summed E-state index contributed by atoms with van der Waals surface area (Å²) in [5.74, 6) is 0. The SMILES string of the molecule is CN(C)CC1CCCN1C1CCCC(C)(C)C1N. The summed E-state index contributed by atoms with van der Waals surface area (Å²) in [7, 11) is 4.36. The number of nitrogens with two attached hydrogens (primary N) is 1. The van der Waals surface area contributed by atoms with Crippen LogP contribution in [0.15, 0.2) is 0 Å². The zero-order valence-electron chi connectivity index (χ0n) is 12.7. The summed E-state index contributed by atoms with van der Waals surface area (Å²) in [6.45, 7) is 7.14. The second-order valence-corrected chi connectivity index (χ2v) is 7.27. The highest BCUT2D eigenvalue weighted by Gasteiger charge is 2.42. The van der Waals surface area contributed by atoms with Gasteiger partial charge in [-0.05, 0) is 51.7 Å². The fourth-order valence-electron chi connectivity index (χ4n) is 3.92. The molecule has 1 heterocycles. The molecule has 1 saturated heterocycles. The largest absolute Gasteiger partial charge is 0.326 e. The first-order chi connectivity index (χ1) is 8.42. The van der Waals surface area contributed by atoms with Crippen LogP contribution in [0, 0.1) is 5.41 Å². The van der Waals surface area contributed by atoms with E-state index in [4.69, 9.17) is 5.73 Å². The standard InChI is InChI=1S/C15H31N3/c1-15(2)9-5-8-13(14(15)16)18-10-6-7-12(18)11-17(3)4/h12-14H,5-11,16H2,1-4H3. The van der Waals surface area contributed by atoms with Gasteiger partial charge in [-0.3, -0.25) is 4.90 Å². The molecule has 0 aromatic rings. The van der Waals surface area contributed by atoms with Gasteiger partial charge in [-0.25, -0.2) is 0 Å². The molecule has 3 heteroatoms. The average Bonchev–Trinajstić information content (AvgIpc) is 2.69. The Labute approximate surface area is 113 Å². The van der Waals surface area contributed by atoms with E-state index in [1.807, 2.05) is 0 Å². The molecule has 1 aliphatic carbocycles. The second kappa shape index (κ2) is 5.48. The third-order valence-corrected chi connectivity index (χ3v) is 5.06. The number of nitrogens with zero attached hydrogens (tertiary/aromatic N) is 2. The van der Waals surface area contributed by atoms with Crippen molar-refractivity contribution in [3.63, 3.8) is 0 Å². The van der Waals surface area contributed by atoms with E-state index >= 15 is 0 Å². The van der Waals surface area contributed by atoms with Gasteiger partial charge in [0.15, 0.2) is 0 Å². The van der Waals surface area contributed by atoms with Crippen LogP contribution >= 0.6 is 0 Å². The molecular weight excluding hydrogens is 222 g/mol. The molecule has 106 valence electrons. The minimum Gasteiger partial charge on any atom is -0.326 e. The van der Waals surface area contributed by atoms with Crippen LogP contribution in [0.3, 0.4) is 0 Å². The highest BCUT2D eigenvalue weighted by Crippen LogP contribution is 2.38. The van der Waals surface area contributed by atoms with Crippen LogP contribution in [0.25, 0.3) is 0 Å². The molecule has 0 bridgehead atoms. The Morgan fingerprint density at radius 1 is 1.22 bits per heavy atom. The molecule has 18 heavy (non-hydrogen) atoms. The van der Waals surface area contributed by atoms with Crippen molar-refractivity contribution >= 4 is 0 Å². The number of likely N-dealkylation sites (tertiary alicyclic amines) is 1. The van der Waals surface area contributed by atoms with Crippen LogP contribution in [-0.2, 0) is 0 Å². The van der Waals surface area contributed by atoms with E-state index < -0.39 is 0 Å². The normalized spacial score (nSPS) is 37.3. The molecule has 3 unspecified atom stereocenters. The second-order valence-electron chi connectivity index (χ2n) is 7.27. The lowest BCUT2D eigenvalue weighted by atomic mass is 9.70. The fourth-order valence-corrected chi connectivity index (χ4v) is 3.92. The van der Waals surface area contributed by atoms with Crippen LogP contribution in [0.5, 0.6) is 0 Å². The Bertz CT molecular complexity index is 275. The maximum absolute atomic E-state index is 6.57. The number of hydrogen-bond donors (Lipinski definition) is 1. The van der Waals surface area contributed by atoms with E-state index in [2.05, 4.69) is 37.7 Å². The average molecular weight is 253 g/mol. The monoisotopic (exact) mass is 253 g/mol. The van der Waals surface area contributed by atoms with Crippen molar-refractivity contribution in [1.29, 1.82) is 0 Å². The summed E-state index contributed by atoms with van der Waals surface area (Å²) in [5, 5.41) is 0. The van der Waals surface area contributed by atoms with Crippen LogP contribution in [-0.4, -0.2) is 55.1 Å². The third-order valence-electron chi connectivity index (χ3n) is 5.06. The first kappa shape index (κ1) is 14.3. The van der Waals surface area contributed by atoms with Crippen LogP contribution in [0.4, 0.5) is 0 Å². The van der Waals surface area contributed by atoms with Crippen LogP contribution < -0.4 is 5.73 Å². The van der Waals surface area contributed by atoms with Crippen molar-refractivity contribution in [3.05, 3.63) is 0 Å². The lowest BCUT2D eigenvalue weighted by Crippen LogP contribution is -2.58. The van der Waals surface area contributed by atoms with E-state index in [1.54, 1.807) is 0 Å². The summed E-state index contributed by atoms with van der Waals surface area (Å²) < 4.78 is 0. The van der Waals surface area contributed by atoms with Gasteiger partial charge in [0.1, 0.15) is 0 Å². The van der Waals surface area contributed by atoms with Crippen molar-refractivity contribution in [2.24, 2.45) is 11.1 Å². The van der Waals surface area contributed by atoms with Crippen molar-refractivity contribution < 1.29 is 0 Å². The summed E-state index contributed by atoms with van der Waals surface area (Å²) >= 11 is 0. The van der Waals surface area contributed by atoms with Gasteiger partial charge < -0.3 is 10.6 Å². The van der Waals surface area contributed by atoms with Gasteiger partial charge in [0.05, 0.1) is 0 Å². The minimum absolute atomic E-state index is 0.314. The topological polar surface area (TPSA) is 32.5 Å². The summed E-state index contributed by atoms with van der Waals surface area (Å²) in [6.07, 6.45) is 6.63. The maximum atomic E-state index is 6.57. The molecule has 1 saturated carbocycles. The van der Waals surface area contributed by atoms with Crippen molar-refractivity contribution in [2.75, 3.05) is 27.2 Å². The van der Waals surface area contributed by atoms with Gasteiger partial charge in [0, 0.05) is 24.7 Å². The van der Waals surface area contributed by atoms with Gasteiger partial charge in [0.25, 0.3) is 0 Å². The van der Waals surface area contributed by atoms with Crippen molar-refractivity contribution in [1.82, 2.24) is 9.80 Å². The van der Waals surface area contributed by atoms with Gasteiger partial charge in [-0.15, -0.1) is 0 Å². The smallest absolute Gasteiger partial charge is 0.0255 e. The highest BCUT2D eigenvalue weighted by molar-refractivity contribution is 4.99. The van der Waals surface area contributed by atoms with Crippen LogP contribution in [0.2, 0.25) is 0 Å². The van der Waals surface area contributed by atoms with E-state index in [-0.39, 0.29) is 0 Å². The molecule has 1 aliphatic heterocycles. The van der Waals surface area contributed by atoms with Gasteiger partial charge in [-0.2, -0.15) is 0 Å². The summed E-state index contributed by atoms with van der Waals surface area (Å²) in [5.41, 5.74) is 6.89. The molecule has 2 rings (SSSR count). The van der Waals surface area contributed by atoms with Crippen molar-refractivity contribution in [3.8, 4) is 0 Å². The number of hydrogen-bond acceptors (Lipinski definition) is 3. The maximum Gasteiger partial charge on any atom is 0.0255 e. The first-order valence-corrected chi connectivity index (χ1v) is 7.58. The number of likely N-dealkylation sites (N-methyl/N-ethyl adjacent to an activating group) is 1. The molecule has 2 fully saturated rings. The highest BCUT2D eigenvalue weighted by atomic mass is 15.3. The molecular formula is C15H31N3. The zero-order valence-corrected chi connectivity index (χ0v) is 12.7. The molecule has 0 amide bonds.